The Morgan fingerprint density at radius 1 is 1.57 bits per heavy atom. The predicted octanol–water partition coefficient (Wildman–Crippen LogP) is 1.55. The molecule has 8 heteroatoms. The molecule has 0 aromatic carbocycles. The second-order valence-corrected chi connectivity index (χ2v) is 5.53. The van der Waals surface area contributed by atoms with Gasteiger partial charge < -0.3 is 19.7 Å². The van der Waals surface area contributed by atoms with Gasteiger partial charge in [0.25, 0.3) is 0 Å². The third-order valence-corrected chi connectivity index (χ3v) is 3.39. The van der Waals surface area contributed by atoms with Crippen LogP contribution in [0.4, 0.5) is 0 Å². The van der Waals surface area contributed by atoms with E-state index in [4.69, 9.17) is 4.42 Å². The summed E-state index contributed by atoms with van der Waals surface area (Å²) in [4.78, 5) is 6.21. The van der Waals surface area contributed by atoms with Crippen LogP contribution >= 0.6 is 24.0 Å². The fraction of sp³-hybridized carbons (Fsp3) is 0.467. The lowest BCUT2D eigenvalue weighted by Gasteiger charge is -2.26. The van der Waals surface area contributed by atoms with Crippen LogP contribution < -0.4 is 5.32 Å². The highest BCUT2D eigenvalue weighted by molar-refractivity contribution is 14.0. The number of aromatic nitrogens is 2. The van der Waals surface area contributed by atoms with Crippen LogP contribution in [0.5, 0.6) is 0 Å². The molecule has 2 aromatic rings. The van der Waals surface area contributed by atoms with Crippen LogP contribution in [0.3, 0.4) is 0 Å². The van der Waals surface area contributed by atoms with E-state index in [1.54, 1.807) is 37.0 Å². The topological polar surface area (TPSA) is 78.8 Å². The summed E-state index contributed by atoms with van der Waals surface area (Å²) < 4.78 is 7.03. The second-order valence-electron chi connectivity index (χ2n) is 5.53. The van der Waals surface area contributed by atoms with Crippen molar-refractivity contribution in [1.82, 2.24) is 20.0 Å². The van der Waals surface area contributed by atoms with Gasteiger partial charge in [0.2, 0.25) is 0 Å². The molecule has 0 amide bonds. The maximum atomic E-state index is 10.5. The average molecular weight is 433 g/mol. The summed E-state index contributed by atoms with van der Waals surface area (Å²) in [6.45, 7) is 2.67. The molecule has 0 radical (unpaired) electrons. The number of aliphatic imine (C=N–C) groups is 1. The van der Waals surface area contributed by atoms with Crippen LogP contribution in [-0.2, 0) is 19.2 Å². The summed E-state index contributed by atoms with van der Waals surface area (Å²) in [5.41, 5.74) is -0.0139. The van der Waals surface area contributed by atoms with Crippen LogP contribution in [-0.4, -0.2) is 46.4 Å². The molecule has 0 aliphatic carbocycles. The largest absolute Gasteiger partial charge is 0.466 e. The van der Waals surface area contributed by atoms with Gasteiger partial charge in [-0.05, 0) is 19.1 Å². The van der Waals surface area contributed by atoms with E-state index in [1.165, 1.54) is 0 Å². The van der Waals surface area contributed by atoms with Gasteiger partial charge in [0.05, 0.1) is 19.0 Å². The Hall–Kier alpha value is -1.55. The molecule has 2 heterocycles. The summed E-state index contributed by atoms with van der Waals surface area (Å²) in [7, 11) is 5.53. The first-order valence-electron chi connectivity index (χ1n) is 7.08. The first kappa shape index (κ1) is 19.5. The first-order chi connectivity index (χ1) is 10.4. The summed E-state index contributed by atoms with van der Waals surface area (Å²) in [6.07, 6.45) is 5.33. The number of halogens is 1. The lowest BCUT2D eigenvalue weighted by atomic mass is 10.0. The van der Waals surface area contributed by atoms with E-state index in [9.17, 15) is 5.11 Å². The molecule has 2 rings (SSSR count). The van der Waals surface area contributed by atoms with Gasteiger partial charge in [-0.1, -0.05) is 0 Å². The molecule has 23 heavy (non-hydrogen) atoms. The molecule has 1 atom stereocenters. The molecule has 2 N–H and O–H groups in total. The first-order valence-corrected chi connectivity index (χ1v) is 7.08. The minimum Gasteiger partial charge on any atom is -0.466 e. The van der Waals surface area contributed by atoms with Crippen LogP contribution in [0.2, 0.25) is 0 Å². The van der Waals surface area contributed by atoms with Gasteiger partial charge in [-0.3, -0.25) is 9.67 Å². The van der Waals surface area contributed by atoms with Gasteiger partial charge >= 0.3 is 0 Å². The number of furan rings is 1. The number of nitrogens with zero attached hydrogens (tertiary/aromatic N) is 4. The molecule has 0 spiro atoms. The molecule has 0 saturated heterocycles. The molecule has 0 fully saturated rings. The smallest absolute Gasteiger partial charge is 0.193 e. The summed E-state index contributed by atoms with van der Waals surface area (Å²) in [5, 5.41) is 17.8. The number of hydrogen-bond acceptors (Lipinski definition) is 4. The highest BCUT2D eigenvalue weighted by Crippen LogP contribution is 2.19. The molecule has 1 unspecified atom stereocenters. The van der Waals surface area contributed by atoms with Crippen molar-refractivity contribution in [1.29, 1.82) is 0 Å². The standard InChI is InChI=1S/C15H23N5O2.HI/c1-15(21,13-6-5-7-22-13)11-17-14(16-2)19(3)9-12-8-18-20(4)10-12;/h5-8,10,21H,9,11H2,1-4H3,(H,16,17);1H. The third-order valence-electron chi connectivity index (χ3n) is 3.39. The lowest BCUT2D eigenvalue weighted by molar-refractivity contribution is 0.0381. The highest BCUT2D eigenvalue weighted by Gasteiger charge is 2.26. The van der Waals surface area contributed by atoms with Crippen molar-refractivity contribution >= 4 is 29.9 Å². The van der Waals surface area contributed by atoms with Crippen molar-refractivity contribution in [2.24, 2.45) is 12.0 Å². The van der Waals surface area contributed by atoms with Crippen molar-refractivity contribution in [3.05, 3.63) is 42.1 Å². The molecule has 0 aliphatic rings. The Morgan fingerprint density at radius 3 is 2.83 bits per heavy atom. The lowest BCUT2D eigenvalue weighted by Crippen LogP contribution is -2.44. The van der Waals surface area contributed by atoms with Gasteiger partial charge in [-0.2, -0.15) is 5.10 Å². The highest BCUT2D eigenvalue weighted by atomic mass is 127. The van der Waals surface area contributed by atoms with Gasteiger partial charge in [0.15, 0.2) is 5.96 Å². The molecule has 0 bridgehead atoms. The molecule has 0 saturated carbocycles. The van der Waals surface area contributed by atoms with Crippen LogP contribution in [0.15, 0.2) is 40.2 Å². The Morgan fingerprint density at radius 2 is 2.30 bits per heavy atom. The quantitative estimate of drug-likeness (QED) is 0.425. The normalized spacial score (nSPS) is 14.0. The Labute approximate surface area is 153 Å². The number of aliphatic hydroxyl groups is 1. The zero-order valence-corrected chi connectivity index (χ0v) is 16.2. The van der Waals surface area contributed by atoms with E-state index >= 15 is 0 Å². The maximum Gasteiger partial charge on any atom is 0.193 e. The second kappa shape index (κ2) is 8.34. The van der Waals surface area contributed by atoms with Gasteiger partial charge in [-0.15, -0.1) is 24.0 Å². The van der Waals surface area contributed by atoms with Crippen molar-refractivity contribution in [2.75, 3.05) is 20.6 Å². The van der Waals surface area contributed by atoms with Crippen LogP contribution in [0, 0.1) is 0 Å². The zero-order valence-electron chi connectivity index (χ0n) is 13.9. The maximum absolute atomic E-state index is 10.5. The Balaban J connectivity index is 0.00000264. The minimum atomic E-state index is -1.10. The fourth-order valence-electron chi connectivity index (χ4n) is 2.21. The van der Waals surface area contributed by atoms with E-state index < -0.39 is 5.60 Å². The summed E-state index contributed by atoms with van der Waals surface area (Å²) >= 11 is 0. The van der Waals surface area contributed by atoms with E-state index in [2.05, 4.69) is 15.4 Å². The van der Waals surface area contributed by atoms with Gasteiger partial charge in [0.1, 0.15) is 11.4 Å². The molecule has 0 aliphatic heterocycles. The number of rotatable bonds is 5. The third kappa shape index (κ3) is 5.24. The van der Waals surface area contributed by atoms with Crippen molar-refractivity contribution in [3.8, 4) is 0 Å². The summed E-state index contributed by atoms with van der Waals surface area (Å²) in [6, 6.07) is 3.51. The van der Waals surface area contributed by atoms with Gasteiger partial charge in [0, 0.05) is 39.4 Å². The van der Waals surface area contributed by atoms with E-state index in [-0.39, 0.29) is 24.0 Å². The average Bonchev–Trinajstić information content (AvgIpc) is 3.11. The Kier molecular flexibility index (Phi) is 7.07. The van der Waals surface area contributed by atoms with Gasteiger partial charge in [-0.25, -0.2) is 0 Å². The monoisotopic (exact) mass is 433 g/mol. The minimum absolute atomic E-state index is 0. The molecular weight excluding hydrogens is 409 g/mol. The molecule has 128 valence electrons. The number of hydrogen-bond donors (Lipinski definition) is 2. The number of guanidine groups is 1. The van der Waals surface area contributed by atoms with Crippen LogP contribution in [0.25, 0.3) is 0 Å². The van der Waals surface area contributed by atoms with Crippen molar-refractivity contribution in [3.63, 3.8) is 0 Å². The van der Waals surface area contributed by atoms with Crippen molar-refractivity contribution in [2.45, 2.75) is 19.1 Å². The van der Waals surface area contributed by atoms with Crippen LogP contribution in [0.1, 0.15) is 18.2 Å². The SMILES string of the molecule is CN=C(NCC(C)(O)c1ccco1)N(C)Cc1cnn(C)c1.I. The predicted molar refractivity (Wildman–Crippen MR) is 99.7 cm³/mol. The van der Waals surface area contributed by atoms with Crippen molar-refractivity contribution < 1.29 is 9.52 Å². The number of nitrogens with one attached hydrogen (secondary N) is 1. The summed E-state index contributed by atoms with van der Waals surface area (Å²) in [5.74, 6) is 1.21. The molecular formula is C15H24IN5O2. The fourth-order valence-corrected chi connectivity index (χ4v) is 2.21. The zero-order chi connectivity index (χ0) is 16.2. The van der Waals surface area contributed by atoms with E-state index in [0.29, 0.717) is 24.8 Å². The Bertz CT molecular complexity index is 622. The van der Waals surface area contributed by atoms with E-state index in [0.717, 1.165) is 5.56 Å². The van der Waals surface area contributed by atoms with E-state index in [1.807, 2.05) is 31.4 Å². The number of aryl methyl sites for hydroxylation is 1. The molecule has 7 nitrogen and oxygen atoms in total. The molecule has 2 aromatic heterocycles.